The molecule has 0 spiro atoms. The van der Waals surface area contributed by atoms with Crippen LogP contribution in [0.2, 0.25) is 0 Å². The quantitative estimate of drug-likeness (QED) is 0.552. The van der Waals surface area contributed by atoms with Crippen molar-refractivity contribution in [3.63, 3.8) is 0 Å². The summed E-state index contributed by atoms with van der Waals surface area (Å²) in [4.78, 5) is 0. The van der Waals surface area contributed by atoms with Crippen molar-refractivity contribution in [2.45, 2.75) is 0 Å². The van der Waals surface area contributed by atoms with Crippen LogP contribution in [-0.4, -0.2) is 7.85 Å². The Bertz CT molecular complexity index is 280. The Morgan fingerprint density at radius 2 is 1.91 bits per heavy atom. The highest BCUT2D eigenvalue weighted by atomic mass is 127. The molecule has 0 aromatic heterocycles. The Kier molecular flexibility index (Phi) is 2.70. The smallest absolute Gasteiger partial charge is 0.201 e. The fraction of sp³-hybridized carbons (Fsp3) is 0. The van der Waals surface area contributed by atoms with Crippen LogP contribution in [0.4, 0.5) is 8.78 Å². The van der Waals surface area contributed by atoms with Gasteiger partial charge in [0.25, 0.3) is 0 Å². The minimum Gasteiger partial charge on any atom is -0.424 e. The molecule has 0 heterocycles. The van der Waals surface area contributed by atoms with Gasteiger partial charge in [0.2, 0.25) is 5.82 Å². The molecule has 11 heavy (non-hydrogen) atoms. The third-order valence-corrected chi connectivity index (χ3v) is 1.63. The Morgan fingerprint density at radius 1 is 1.27 bits per heavy atom. The fourth-order valence-electron chi connectivity index (χ4n) is 0.606. The van der Waals surface area contributed by atoms with E-state index in [2.05, 4.69) is 3.07 Å². The maximum atomic E-state index is 12.7. The van der Waals surface area contributed by atoms with Crippen LogP contribution in [0.15, 0.2) is 12.1 Å². The first-order chi connectivity index (χ1) is 5.16. The molecule has 0 aliphatic carbocycles. The number of benzene rings is 1. The first-order valence-electron chi connectivity index (χ1n) is 2.69. The van der Waals surface area contributed by atoms with E-state index in [0.29, 0.717) is 0 Å². The van der Waals surface area contributed by atoms with Crippen LogP contribution in [0, 0.1) is 11.6 Å². The second kappa shape index (κ2) is 3.38. The molecule has 5 heteroatoms. The van der Waals surface area contributed by atoms with E-state index in [1.807, 2.05) is 0 Å². The zero-order valence-electron chi connectivity index (χ0n) is 5.27. The molecule has 0 N–H and O–H groups in total. The van der Waals surface area contributed by atoms with Crippen LogP contribution in [-0.2, 0) is 0 Å². The molecule has 0 amide bonds. The number of hydrogen-bond donors (Lipinski definition) is 0. The van der Waals surface area contributed by atoms with E-state index in [-0.39, 0.29) is 11.2 Å². The van der Waals surface area contributed by atoms with E-state index in [1.54, 1.807) is 0 Å². The molecule has 2 radical (unpaired) electrons. The molecule has 0 atom stereocenters. The summed E-state index contributed by atoms with van der Waals surface area (Å²) < 4.78 is 29.8. The van der Waals surface area contributed by atoms with Gasteiger partial charge >= 0.3 is 0 Å². The van der Waals surface area contributed by atoms with E-state index >= 15 is 0 Å². The molecular formula is C6H2BF2IO. The number of hydrogen-bond acceptors (Lipinski definition) is 1. The Hall–Kier alpha value is -0.325. The molecule has 0 saturated carbocycles. The largest absolute Gasteiger partial charge is 0.424 e. The zero-order chi connectivity index (χ0) is 8.43. The van der Waals surface area contributed by atoms with Crippen molar-refractivity contribution >= 4 is 36.3 Å². The van der Waals surface area contributed by atoms with Crippen molar-refractivity contribution in [1.29, 1.82) is 0 Å². The van der Waals surface area contributed by atoms with Gasteiger partial charge in [-0.3, -0.25) is 0 Å². The van der Waals surface area contributed by atoms with Crippen LogP contribution in [0.3, 0.4) is 0 Å². The van der Waals surface area contributed by atoms with Crippen molar-refractivity contribution < 1.29 is 11.8 Å². The number of halogens is 3. The summed E-state index contributed by atoms with van der Waals surface area (Å²) >= 11 is 1.46. The molecule has 0 fully saturated rings. The third kappa shape index (κ3) is 1.63. The molecule has 0 unspecified atom stereocenters. The van der Waals surface area contributed by atoms with Gasteiger partial charge in [-0.2, -0.15) is 4.39 Å². The normalized spacial score (nSPS) is 9.73. The van der Waals surface area contributed by atoms with Crippen molar-refractivity contribution in [2.75, 3.05) is 0 Å². The summed E-state index contributed by atoms with van der Waals surface area (Å²) in [5.74, 6) is -2.28. The summed E-state index contributed by atoms with van der Waals surface area (Å²) in [5, 5.41) is 0. The molecule has 1 aromatic rings. The van der Waals surface area contributed by atoms with Gasteiger partial charge in [-0.15, -0.1) is 0 Å². The number of rotatable bonds is 1. The highest BCUT2D eigenvalue weighted by molar-refractivity contribution is 14.1. The summed E-state index contributed by atoms with van der Waals surface area (Å²) in [5.41, 5.74) is -0.222. The van der Waals surface area contributed by atoms with Crippen LogP contribution < -0.4 is 8.53 Å². The highest BCUT2D eigenvalue weighted by Gasteiger charge is 2.10. The van der Waals surface area contributed by atoms with Crippen molar-refractivity contribution in [1.82, 2.24) is 0 Å². The monoisotopic (exact) mass is 266 g/mol. The van der Waals surface area contributed by atoms with Gasteiger partial charge in [-0.05, 0) is 6.07 Å². The molecule has 1 nitrogen and oxygen atoms in total. The highest BCUT2D eigenvalue weighted by Crippen LogP contribution is 2.19. The van der Waals surface area contributed by atoms with E-state index < -0.39 is 11.6 Å². The molecule has 0 bridgehead atoms. The minimum absolute atomic E-state index is 0.155. The summed E-state index contributed by atoms with van der Waals surface area (Å²) in [7, 11) is 5.07. The van der Waals surface area contributed by atoms with Gasteiger partial charge in [0, 0.05) is 0 Å². The summed E-state index contributed by atoms with van der Waals surface area (Å²) in [6.45, 7) is 0. The average molecular weight is 266 g/mol. The SMILES string of the molecule is [B]c1ccc(OI)c(F)c1F. The van der Waals surface area contributed by atoms with Gasteiger partial charge in [0.15, 0.2) is 34.6 Å². The van der Waals surface area contributed by atoms with Crippen LogP contribution in [0.1, 0.15) is 0 Å². The van der Waals surface area contributed by atoms with Crippen molar-refractivity contribution in [2.24, 2.45) is 0 Å². The van der Waals surface area contributed by atoms with Gasteiger partial charge in [0.05, 0.1) is 0 Å². The molecule has 0 aliphatic rings. The molecule has 1 aromatic carbocycles. The Morgan fingerprint density at radius 3 is 2.45 bits per heavy atom. The third-order valence-electron chi connectivity index (χ3n) is 1.16. The lowest BCUT2D eigenvalue weighted by Crippen LogP contribution is -2.10. The zero-order valence-corrected chi connectivity index (χ0v) is 7.43. The Balaban J connectivity index is 3.25. The van der Waals surface area contributed by atoms with Gasteiger partial charge in [-0.1, -0.05) is 11.5 Å². The second-order valence-corrected chi connectivity index (χ2v) is 2.30. The standard InChI is InChI=1S/C6H2BF2IO/c7-3-1-2-4(11-10)6(9)5(3)8/h1-2H. The van der Waals surface area contributed by atoms with Crippen molar-refractivity contribution in [3.8, 4) is 5.75 Å². The molecule has 56 valence electrons. The van der Waals surface area contributed by atoms with Gasteiger partial charge < -0.3 is 3.07 Å². The van der Waals surface area contributed by atoms with E-state index in [0.717, 1.165) is 0 Å². The first kappa shape index (κ1) is 8.77. The summed E-state index contributed by atoms with van der Waals surface area (Å²) in [6.07, 6.45) is 0. The van der Waals surface area contributed by atoms with Crippen LogP contribution in [0.5, 0.6) is 5.75 Å². The van der Waals surface area contributed by atoms with Crippen LogP contribution >= 0.6 is 23.0 Å². The molecule has 0 aliphatic heterocycles. The van der Waals surface area contributed by atoms with Gasteiger partial charge in [-0.25, -0.2) is 4.39 Å². The van der Waals surface area contributed by atoms with Gasteiger partial charge in [0.1, 0.15) is 7.85 Å². The maximum absolute atomic E-state index is 12.7. The van der Waals surface area contributed by atoms with E-state index in [1.165, 1.54) is 35.1 Å². The lowest BCUT2D eigenvalue weighted by atomic mass is 9.95. The predicted molar refractivity (Wildman–Crippen MR) is 46.4 cm³/mol. The van der Waals surface area contributed by atoms with Crippen LogP contribution in [0.25, 0.3) is 0 Å². The first-order valence-corrected chi connectivity index (χ1v) is 3.57. The second-order valence-electron chi connectivity index (χ2n) is 1.86. The Labute approximate surface area is 77.8 Å². The fourth-order valence-corrected chi connectivity index (χ4v) is 0.946. The van der Waals surface area contributed by atoms with Crippen molar-refractivity contribution in [3.05, 3.63) is 23.8 Å². The van der Waals surface area contributed by atoms with E-state index in [9.17, 15) is 8.78 Å². The van der Waals surface area contributed by atoms with E-state index in [4.69, 9.17) is 7.85 Å². The summed E-state index contributed by atoms with van der Waals surface area (Å²) in [6, 6.07) is 2.51. The predicted octanol–water partition coefficient (Wildman–Crippen LogP) is 1.49. The molecule has 1 rings (SSSR count). The average Bonchev–Trinajstić information content (AvgIpc) is 2.01. The lowest BCUT2D eigenvalue weighted by molar-refractivity contribution is 0.486. The maximum Gasteiger partial charge on any atom is 0.201 e. The topological polar surface area (TPSA) is 9.23 Å². The molecule has 0 saturated heterocycles. The lowest BCUT2D eigenvalue weighted by Gasteiger charge is -2.01. The minimum atomic E-state index is -1.07. The molecular weight excluding hydrogens is 264 g/mol.